The maximum atomic E-state index is 12.1. The van der Waals surface area contributed by atoms with Crippen LogP contribution in [0.25, 0.3) is 0 Å². The van der Waals surface area contributed by atoms with E-state index in [4.69, 9.17) is 14.6 Å². The van der Waals surface area contributed by atoms with E-state index >= 15 is 0 Å². The van der Waals surface area contributed by atoms with Crippen molar-refractivity contribution >= 4 is 11.9 Å². The Morgan fingerprint density at radius 2 is 1.41 bits per heavy atom. The summed E-state index contributed by atoms with van der Waals surface area (Å²) in [6.07, 6.45) is 1.40. The van der Waals surface area contributed by atoms with Crippen LogP contribution in [0.1, 0.15) is 21.6 Å². The Morgan fingerprint density at radius 3 is 1.97 bits per heavy atom. The third-order valence-corrected chi connectivity index (χ3v) is 3.94. The van der Waals surface area contributed by atoms with Gasteiger partial charge in [0.15, 0.2) is 11.5 Å². The molecule has 0 unspecified atom stereocenters. The van der Waals surface area contributed by atoms with Gasteiger partial charge in [-0.3, -0.25) is 9.59 Å². The van der Waals surface area contributed by atoms with Gasteiger partial charge in [-0.15, -0.1) is 0 Å². The van der Waals surface area contributed by atoms with Gasteiger partial charge in [0.05, 0.1) is 6.20 Å². The summed E-state index contributed by atoms with van der Waals surface area (Å²) in [7, 11) is 0. The maximum Gasteiger partial charge on any atom is 0.322 e. The minimum Gasteiger partial charge on any atom is -0.485 e. The summed E-state index contributed by atoms with van der Waals surface area (Å²) < 4.78 is 11.7. The lowest BCUT2D eigenvalue weighted by atomic mass is 10.2. The molecule has 7 heteroatoms. The van der Waals surface area contributed by atoms with Gasteiger partial charge < -0.3 is 19.9 Å². The summed E-state index contributed by atoms with van der Waals surface area (Å²) in [5.41, 5.74) is 1.97. The van der Waals surface area contributed by atoms with Gasteiger partial charge in [-0.1, -0.05) is 60.7 Å². The SMILES string of the molecule is O=C(O)CNC(=O)c1cc(OCc2ccccc2)c(OCc2ccccc2)cn1. The average molecular weight is 392 g/mol. The lowest BCUT2D eigenvalue weighted by Crippen LogP contribution is -2.29. The second kappa shape index (κ2) is 9.89. The molecular formula is C22H20N2O5. The second-order valence-corrected chi connectivity index (χ2v) is 6.14. The number of benzene rings is 2. The summed E-state index contributed by atoms with van der Waals surface area (Å²) >= 11 is 0. The van der Waals surface area contributed by atoms with Crippen LogP contribution in [0.5, 0.6) is 11.5 Å². The van der Waals surface area contributed by atoms with Crippen LogP contribution in [-0.4, -0.2) is 28.5 Å². The minimum absolute atomic E-state index is 0.0429. The molecule has 0 saturated carbocycles. The van der Waals surface area contributed by atoms with Crippen LogP contribution in [0.2, 0.25) is 0 Å². The predicted molar refractivity (Wildman–Crippen MR) is 106 cm³/mol. The first-order chi connectivity index (χ1) is 14.1. The number of amides is 1. The Kier molecular flexibility index (Phi) is 6.78. The number of carbonyl (C=O) groups is 2. The lowest BCUT2D eigenvalue weighted by Gasteiger charge is -2.14. The smallest absolute Gasteiger partial charge is 0.322 e. The molecule has 0 saturated heterocycles. The fourth-order valence-corrected chi connectivity index (χ4v) is 2.49. The zero-order valence-corrected chi connectivity index (χ0v) is 15.6. The van der Waals surface area contributed by atoms with E-state index in [9.17, 15) is 9.59 Å². The second-order valence-electron chi connectivity index (χ2n) is 6.14. The molecule has 0 radical (unpaired) electrons. The topological polar surface area (TPSA) is 97.8 Å². The number of aliphatic carboxylic acids is 1. The van der Waals surface area contributed by atoms with Crippen molar-refractivity contribution in [1.82, 2.24) is 10.3 Å². The highest BCUT2D eigenvalue weighted by Crippen LogP contribution is 2.28. The summed E-state index contributed by atoms with van der Waals surface area (Å²) in [6.45, 7) is 0.102. The van der Waals surface area contributed by atoms with E-state index in [1.807, 2.05) is 60.7 Å². The molecule has 2 aromatic carbocycles. The Morgan fingerprint density at radius 1 is 0.862 bits per heavy atom. The molecule has 148 valence electrons. The highest BCUT2D eigenvalue weighted by atomic mass is 16.5. The zero-order chi connectivity index (χ0) is 20.5. The third-order valence-electron chi connectivity index (χ3n) is 3.94. The monoisotopic (exact) mass is 392 g/mol. The standard InChI is InChI=1S/C22H20N2O5/c25-21(26)13-24-22(27)18-11-19(28-14-16-7-3-1-4-8-16)20(12-23-18)29-15-17-9-5-2-6-10-17/h1-12H,13-15H2,(H,24,27)(H,25,26). The number of aromatic nitrogens is 1. The van der Waals surface area contributed by atoms with Crippen LogP contribution >= 0.6 is 0 Å². The molecule has 0 aliphatic heterocycles. The van der Waals surface area contributed by atoms with Crippen molar-refractivity contribution in [2.75, 3.05) is 6.54 Å². The number of ether oxygens (including phenoxy) is 2. The molecule has 3 rings (SSSR count). The molecule has 1 aromatic heterocycles. The molecule has 3 aromatic rings. The number of carboxylic acid groups (broad SMARTS) is 1. The quantitative estimate of drug-likeness (QED) is 0.581. The van der Waals surface area contributed by atoms with Gasteiger partial charge in [-0.25, -0.2) is 4.98 Å². The molecule has 29 heavy (non-hydrogen) atoms. The van der Waals surface area contributed by atoms with Gasteiger partial charge in [0, 0.05) is 6.07 Å². The highest BCUT2D eigenvalue weighted by Gasteiger charge is 2.14. The Labute approximate surface area is 167 Å². The molecule has 2 N–H and O–H groups in total. The molecular weight excluding hydrogens is 372 g/mol. The van der Waals surface area contributed by atoms with Crippen LogP contribution in [-0.2, 0) is 18.0 Å². The fourth-order valence-electron chi connectivity index (χ4n) is 2.49. The van der Waals surface area contributed by atoms with Crippen molar-refractivity contribution < 1.29 is 24.2 Å². The van der Waals surface area contributed by atoms with Crippen molar-refractivity contribution in [3.8, 4) is 11.5 Å². The van der Waals surface area contributed by atoms with E-state index in [0.29, 0.717) is 18.1 Å². The van der Waals surface area contributed by atoms with E-state index in [0.717, 1.165) is 11.1 Å². The molecule has 0 atom stereocenters. The van der Waals surface area contributed by atoms with E-state index in [1.165, 1.54) is 12.3 Å². The van der Waals surface area contributed by atoms with Crippen LogP contribution in [0.15, 0.2) is 72.9 Å². The molecule has 0 spiro atoms. The predicted octanol–water partition coefficient (Wildman–Crippen LogP) is 3.05. The normalized spacial score (nSPS) is 10.2. The van der Waals surface area contributed by atoms with Gasteiger partial charge in [0.25, 0.3) is 5.91 Å². The van der Waals surface area contributed by atoms with Gasteiger partial charge in [0.1, 0.15) is 25.5 Å². The number of pyridine rings is 1. The average Bonchev–Trinajstić information content (AvgIpc) is 2.76. The summed E-state index contributed by atoms with van der Waals surface area (Å²) in [5, 5.41) is 11.0. The first kappa shape index (κ1) is 19.9. The summed E-state index contributed by atoms with van der Waals surface area (Å²) in [5.74, 6) is -1.01. The van der Waals surface area contributed by atoms with Crippen LogP contribution < -0.4 is 14.8 Å². The Balaban J connectivity index is 1.77. The molecule has 0 aliphatic carbocycles. The number of nitrogens with one attached hydrogen (secondary N) is 1. The van der Waals surface area contributed by atoms with Gasteiger partial charge in [0.2, 0.25) is 0 Å². The molecule has 1 heterocycles. The van der Waals surface area contributed by atoms with Crippen LogP contribution in [0.4, 0.5) is 0 Å². The summed E-state index contributed by atoms with van der Waals surface area (Å²) in [4.78, 5) is 26.9. The number of hydrogen-bond acceptors (Lipinski definition) is 5. The minimum atomic E-state index is -1.14. The molecule has 7 nitrogen and oxygen atoms in total. The first-order valence-electron chi connectivity index (χ1n) is 8.95. The largest absolute Gasteiger partial charge is 0.485 e. The van der Waals surface area contributed by atoms with Crippen molar-refractivity contribution in [1.29, 1.82) is 0 Å². The number of carboxylic acids is 1. The molecule has 0 aliphatic rings. The maximum absolute atomic E-state index is 12.1. The third kappa shape index (κ3) is 6.07. The zero-order valence-electron chi connectivity index (χ0n) is 15.6. The van der Waals surface area contributed by atoms with Crippen LogP contribution in [0.3, 0.4) is 0 Å². The molecule has 0 fully saturated rings. The Bertz CT molecular complexity index is 961. The van der Waals surface area contributed by atoms with Crippen molar-refractivity contribution in [2.24, 2.45) is 0 Å². The summed E-state index contributed by atoms with van der Waals surface area (Å²) in [6, 6.07) is 20.6. The number of hydrogen-bond donors (Lipinski definition) is 2. The van der Waals surface area contributed by atoms with E-state index in [2.05, 4.69) is 10.3 Å². The lowest BCUT2D eigenvalue weighted by molar-refractivity contribution is -0.135. The molecule has 0 bridgehead atoms. The number of rotatable bonds is 9. The van der Waals surface area contributed by atoms with E-state index < -0.39 is 18.4 Å². The number of carbonyl (C=O) groups excluding carboxylic acids is 1. The fraction of sp³-hybridized carbons (Fsp3) is 0.136. The van der Waals surface area contributed by atoms with Gasteiger partial charge in [-0.05, 0) is 11.1 Å². The van der Waals surface area contributed by atoms with Crippen molar-refractivity contribution in [3.05, 3.63) is 89.7 Å². The van der Waals surface area contributed by atoms with Crippen molar-refractivity contribution in [2.45, 2.75) is 13.2 Å². The van der Waals surface area contributed by atoms with Gasteiger partial charge >= 0.3 is 5.97 Å². The first-order valence-corrected chi connectivity index (χ1v) is 8.95. The van der Waals surface area contributed by atoms with Crippen LogP contribution in [0, 0.1) is 0 Å². The molecule has 1 amide bonds. The number of nitrogens with zero attached hydrogens (tertiary/aromatic N) is 1. The van der Waals surface area contributed by atoms with Crippen molar-refractivity contribution in [3.63, 3.8) is 0 Å². The Hall–Kier alpha value is -3.87. The van der Waals surface area contributed by atoms with E-state index in [-0.39, 0.29) is 12.3 Å². The van der Waals surface area contributed by atoms with Gasteiger partial charge in [-0.2, -0.15) is 0 Å². The van der Waals surface area contributed by atoms with E-state index in [1.54, 1.807) is 0 Å². The highest BCUT2D eigenvalue weighted by molar-refractivity contribution is 5.94.